The van der Waals surface area contributed by atoms with Gasteiger partial charge in [-0.05, 0) is 52.9 Å². The summed E-state index contributed by atoms with van der Waals surface area (Å²) < 4.78 is 28.6. The molecule has 0 saturated heterocycles. The second kappa shape index (κ2) is 5.61. The highest BCUT2D eigenvalue weighted by Gasteiger charge is 2.39. The molecule has 0 heterocycles. The van der Waals surface area contributed by atoms with Crippen LogP contribution < -0.4 is 4.72 Å². The molecule has 0 bridgehead atoms. The molecule has 18 heavy (non-hydrogen) atoms. The summed E-state index contributed by atoms with van der Waals surface area (Å²) >= 11 is 6.60. The Hall–Kier alpha value is 0.0900. The largest absolute Gasteiger partial charge is 0.241 e. The maximum absolute atomic E-state index is 12.2. The molecule has 1 fully saturated rings. The minimum atomic E-state index is -3.41. The van der Waals surface area contributed by atoms with Crippen LogP contribution in [0.25, 0.3) is 0 Å². The van der Waals surface area contributed by atoms with Gasteiger partial charge in [-0.25, -0.2) is 13.1 Å². The van der Waals surface area contributed by atoms with E-state index in [-0.39, 0.29) is 6.04 Å². The van der Waals surface area contributed by atoms with Crippen molar-refractivity contribution >= 4 is 41.9 Å². The Labute approximate surface area is 125 Å². The van der Waals surface area contributed by atoms with E-state index in [2.05, 4.69) is 43.5 Å². The molecular weight excluding hydrogens is 382 g/mol. The van der Waals surface area contributed by atoms with Crippen molar-refractivity contribution in [2.24, 2.45) is 5.92 Å². The molecule has 1 N–H and O–H groups in total. The van der Waals surface area contributed by atoms with Gasteiger partial charge in [0, 0.05) is 15.0 Å². The number of hydrogen-bond acceptors (Lipinski definition) is 2. The quantitative estimate of drug-likeness (QED) is 0.824. The number of benzene rings is 1. The molecule has 0 radical (unpaired) electrons. The van der Waals surface area contributed by atoms with Crippen LogP contribution in [0.4, 0.5) is 0 Å². The fourth-order valence-corrected chi connectivity index (χ4v) is 5.10. The van der Waals surface area contributed by atoms with Crippen LogP contribution in [0.5, 0.6) is 0 Å². The van der Waals surface area contributed by atoms with Gasteiger partial charge in [0.25, 0.3) is 0 Å². The lowest BCUT2D eigenvalue weighted by Crippen LogP contribution is -2.27. The molecule has 0 amide bonds. The normalized spacial score (nSPS) is 23.1. The average Bonchev–Trinajstić information content (AvgIpc) is 2.95. The van der Waals surface area contributed by atoms with Gasteiger partial charge in [0.05, 0.1) is 4.90 Å². The van der Waals surface area contributed by atoms with Crippen LogP contribution in [-0.4, -0.2) is 14.5 Å². The summed E-state index contributed by atoms with van der Waals surface area (Å²) in [5.74, 6) is 0.513. The highest BCUT2D eigenvalue weighted by molar-refractivity contribution is 9.11. The van der Waals surface area contributed by atoms with Crippen LogP contribution in [0.15, 0.2) is 32.0 Å². The summed E-state index contributed by atoms with van der Waals surface area (Å²) in [5.41, 5.74) is 0. The van der Waals surface area contributed by atoms with Crippen LogP contribution >= 0.6 is 31.9 Å². The Balaban J connectivity index is 2.12. The van der Waals surface area contributed by atoms with Crippen molar-refractivity contribution in [3.8, 4) is 0 Å². The Bertz CT molecular complexity index is 545. The number of nitrogens with one attached hydrogen (secondary N) is 1. The smallest absolute Gasteiger partial charge is 0.208 e. The highest BCUT2D eigenvalue weighted by atomic mass is 79.9. The zero-order valence-electron chi connectivity index (χ0n) is 9.99. The van der Waals surface area contributed by atoms with E-state index >= 15 is 0 Å². The van der Waals surface area contributed by atoms with Gasteiger partial charge in [0.2, 0.25) is 10.0 Å². The maximum Gasteiger partial charge on any atom is 0.241 e. The van der Waals surface area contributed by atoms with E-state index in [1.807, 2.05) is 0 Å². The van der Waals surface area contributed by atoms with Gasteiger partial charge >= 0.3 is 0 Å². The van der Waals surface area contributed by atoms with Crippen molar-refractivity contribution < 1.29 is 8.42 Å². The second-order valence-corrected chi connectivity index (χ2v) is 8.04. The lowest BCUT2D eigenvalue weighted by atomic mass is 10.2. The van der Waals surface area contributed by atoms with Crippen molar-refractivity contribution in [2.75, 3.05) is 0 Å². The second-order valence-electron chi connectivity index (χ2n) is 4.59. The summed E-state index contributed by atoms with van der Waals surface area (Å²) in [5, 5.41) is 0. The van der Waals surface area contributed by atoms with E-state index in [9.17, 15) is 8.42 Å². The molecule has 1 aliphatic carbocycles. The summed E-state index contributed by atoms with van der Waals surface area (Å²) in [4.78, 5) is 0.299. The number of rotatable bonds is 5. The topological polar surface area (TPSA) is 46.2 Å². The molecule has 1 saturated carbocycles. The van der Waals surface area contributed by atoms with Crippen LogP contribution in [0.2, 0.25) is 0 Å². The van der Waals surface area contributed by atoms with Crippen molar-refractivity contribution in [1.82, 2.24) is 4.72 Å². The minimum absolute atomic E-state index is 0.116. The fourth-order valence-electron chi connectivity index (χ4n) is 2.04. The van der Waals surface area contributed by atoms with E-state index in [0.717, 1.165) is 23.7 Å². The third-order valence-electron chi connectivity index (χ3n) is 3.07. The first-order chi connectivity index (χ1) is 8.44. The molecule has 100 valence electrons. The van der Waals surface area contributed by atoms with E-state index in [4.69, 9.17) is 0 Å². The van der Waals surface area contributed by atoms with E-state index in [0.29, 0.717) is 15.3 Å². The molecule has 0 aliphatic heterocycles. The average molecular weight is 397 g/mol. The van der Waals surface area contributed by atoms with Gasteiger partial charge in [0.15, 0.2) is 0 Å². The molecule has 6 heteroatoms. The maximum atomic E-state index is 12.2. The first-order valence-electron chi connectivity index (χ1n) is 5.91. The first-order valence-corrected chi connectivity index (χ1v) is 8.98. The Morgan fingerprint density at radius 3 is 2.72 bits per heavy atom. The van der Waals surface area contributed by atoms with Crippen molar-refractivity contribution in [3.63, 3.8) is 0 Å². The fraction of sp³-hybridized carbons (Fsp3) is 0.500. The van der Waals surface area contributed by atoms with E-state index in [1.165, 1.54) is 0 Å². The van der Waals surface area contributed by atoms with Crippen LogP contribution in [0.1, 0.15) is 26.2 Å². The lowest BCUT2D eigenvalue weighted by molar-refractivity contribution is 0.572. The molecule has 1 aromatic rings. The van der Waals surface area contributed by atoms with Gasteiger partial charge in [-0.15, -0.1) is 0 Å². The predicted molar refractivity (Wildman–Crippen MR) is 79.0 cm³/mol. The van der Waals surface area contributed by atoms with Crippen molar-refractivity contribution in [1.29, 1.82) is 0 Å². The van der Waals surface area contributed by atoms with Crippen LogP contribution in [0, 0.1) is 5.92 Å². The van der Waals surface area contributed by atoms with Gasteiger partial charge < -0.3 is 0 Å². The summed E-state index contributed by atoms with van der Waals surface area (Å²) in [7, 11) is -3.41. The summed E-state index contributed by atoms with van der Waals surface area (Å²) in [6, 6.07) is 5.19. The van der Waals surface area contributed by atoms with E-state index < -0.39 is 10.0 Å². The molecule has 3 nitrogen and oxygen atoms in total. The predicted octanol–water partition coefficient (Wildman–Crippen LogP) is 3.68. The zero-order chi connectivity index (χ0) is 13.3. The third-order valence-corrected chi connectivity index (χ3v) is 6.03. The standard InChI is InChI=1S/C12H15Br2NO2S/c1-2-3-8-6-11(8)15-18(16,17)12-5-4-9(13)7-10(12)14/h4-5,7-8,11,15H,2-3,6H2,1H3. The molecule has 2 rings (SSSR count). The molecule has 0 spiro atoms. The number of sulfonamides is 1. The van der Waals surface area contributed by atoms with Crippen molar-refractivity contribution in [2.45, 2.75) is 37.1 Å². The molecule has 2 unspecified atom stereocenters. The van der Waals surface area contributed by atoms with Crippen molar-refractivity contribution in [3.05, 3.63) is 27.1 Å². The summed E-state index contributed by atoms with van der Waals surface area (Å²) in [6.07, 6.45) is 3.15. The van der Waals surface area contributed by atoms with Gasteiger partial charge in [0.1, 0.15) is 0 Å². The third kappa shape index (κ3) is 3.35. The van der Waals surface area contributed by atoms with Crippen LogP contribution in [0.3, 0.4) is 0 Å². The lowest BCUT2D eigenvalue weighted by Gasteiger charge is -2.08. The number of hydrogen-bond donors (Lipinski definition) is 1. The first kappa shape index (κ1) is 14.5. The Morgan fingerprint density at radius 2 is 2.11 bits per heavy atom. The molecule has 1 aromatic carbocycles. The minimum Gasteiger partial charge on any atom is -0.208 e. The highest BCUT2D eigenvalue weighted by Crippen LogP contribution is 2.36. The number of halogens is 2. The molecule has 0 aromatic heterocycles. The Kier molecular flexibility index (Phi) is 4.52. The SMILES string of the molecule is CCCC1CC1NS(=O)(=O)c1ccc(Br)cc1Br. The molecular formula is C12H15Br2NO2S. The molecule has 1 aliphatic rings. The van der Waals surface area contributed by atoms with Gasteiger partial charge in [-0.1, -0.05) is 29.3 Å². The van der Waals surface area contributed by atoms with E-state index in [1.54, 1.807) is 18.2 Å². The van der Waals surface area contributed by atoms with Crippen LogP contribution in [-0.2, 0) is 10.0 Å². The molecule has 2 atom stereocenters. The monoisotopic (exact) mass is 395 g/mol. The summed E-state index contributed by atoms with van der Waals surface area (Å²) in [6.45, 7) is 2.12. The Morgan fingerprint density at radius 1 is 1.39 bits per heavy atom. The van der Waals surface area contributed by atoms with Gasteiger partial charge in [-0.2, -0.15) is 0 Å². The van der Waals surface area contributed by atoms with Gasteiger partial charge in [-0.3, -0.25) is 0 Å². The zero-order valence-corrected chi connectivity index (χ0v) is 14.0.